The molecule has 2 saturated carbocycles. The SMILES string of the molecule is C1CCC2(C1)CC2. The monoisotopic (exact) mass is 96.1 g/mol. The van der Waals surface area contributed by atoms with E-state index in [9.17, 15) is 0 Å². The first kappa shape index (κ1) is 3.94. The van der Waals surface area contributed by atoms with Crippen LogP contribution in [0.1, 0.15) is 38.5 Å². The Kier molecular flexibility index (Phi) is 0.586. The lowest BCUT2D eigenvalue weighted by Gasteiger charge is -1.97. The van der Waals surface area contributed by atoms with Crippen molar-refractivity contribution in [2.75, 3.05) is 0 Å². The van der Waals surface area contributed by atoms with Crippen LogP contribution < -0.4 is 0 Å². The Morgan fingerprint density at radius 3 is 1.57 bits per heavy atom. The molecule has 0 aliphatic heterocycles. The van der Waals surface area contributed by atoms with Gasteiger partial charge in [0, 0.05) is 0 Å². The molecule has 2 fully saturated rings. The van der Waals surface area contributed by atoms with Crippen LogP contribution in [0.3, 0.4) is 0 Å². The van der Waals surface area contributed by atoms with Crippen LogP contribution in [-0.4, -0.2) is 0 Å². The molecule has 0 aromatic heterocycles. The van der Waals surface area contributed by atoms with Gasteiger partial charge in [-0.05, 0) is 31.1 Å². The first-order valence-corrected chi connectivity index (χ1v) is 3.41. The largest absolute Gasteiger partial charge is 0.0528 e. The third kappa shape index (κ3) is 0.490. The summed E-state index contributed by atoms with van der Waals surface area (Å²) in [7, 11) is 0. The van der Waals surface area contributed by atoms with Crippen LogP contribution in [0.15, 0.2) is 0 Å². The molecule has 7 heavy (non-hydrogen) atoms. The number of rotatable bonds is 0. The molecule has 0 radical (unpaired) electrons. The highest BCUT2D eigenvalue weighted by atomic mass is 14.5. The zero-order chi connectivity index (χ0) is 4.74. The lowest BCUT2D eigenvalue weighted by Crippen LogP contribution is -1.86. The number of hydrogen-bond donors (Lipinski definition) is 0. The van der Waals surface area contributed by atoms with Crippen LogP contribution in [0.4, 0.5) is 0 Å². The van der Waals surface area contributed by atoms with Crippen molar-refractivity contribution in [3.8, 4) is 0 Å². The second-order valence-corrected chi connectivity index (χ2v) is 3.21. The van der Waals surface area contributed by atoms with Gasteiger partial charge < -0.3 is 0 Å². The maximum Gasteiger partial charge on any atom is -0.0297 e. The molecule has 0 aromatic carbocycles. The Labute approximate surface area is 44.9 Å². The van der Waals surface area contributed by atoms with Gasteiger partial charge in [0.2, 0.25) is 0 Å². The molecule has 0 N–H and O–H groups in total. The molecule has 2 rings (SSSR count). The maximum absolute atomic E-state index is 1.56. The van der Waals surface area contributed by atoms with E-state index < -0.39 is 0 Å². The molecule has 0 aromatic rings. The Bertz CT molecular complexity index is 72.0. The van der Waals surface area contributed by atoms with E-state index in [1.165, 1.54) is 12.8 Å². The molecule has 0 bridgehead atoms. The van der Waals surface area contributed by atoms with E-state index >= 15 is 0 Å². The molecule has 0 atom stereocenters. The predicted molar refractivity (Wildman–Crippen MR) is 30.1 cm³/mol. The fourth-order valence-electron chi connectivity index (χ4n) is 1.80. The van der Waals surface area contributed by atoms with Crippen molar-refractivity contribution in [3.63, 3.8) is 0 Å². The fourth-order valence-corrected chi connectivity index (χ4v) is 1.80. The van der Waals surface area contributed by atoms with Gasteiger partial charge in [-0.3, -0.25) is 0 Å². The zero-order valence-corrected chi connectivity index (χ0v) is 4.74. The van der Waals surface area contributed by atoms with Crippen LogP contribution in [0.2, 0.25) is 0 Å². The zero-order valence-electron chi connectivity index (χ0n) is 4.74. The number of hydrogen-bond acceptors (Lipinski definition) is 0. The molecule has 0 unspecified atom stereocenters. The van der Waals surface area contributed by atoms with Crippen molar-refractivity contribution in [3.05, 3.63) is 0 Å². The predicted octanol–water partition coefficient (Wildman–Crippen LogP) is 2.34. The Morgan fingerprint density at radius 1 is 0.714 bits per heavy atom. The van der Waals surface area contributed by atoms with Gasteiger partial charge in [0.15, 0.2) is 0 Å². The molecule has 0 heteroatoms. The van der Waals surface area contributed by atoms with E-state index in [2.05, 4.69) is 0 Å². The van der Waals surface area contributed by atoms with Crippen LogP contribution in [0, 0.1) is 5.41 Å². The molecule has 1 spiro atoms. The minimum absolute atomic E-state index is 0.944. The summed E-state index contributed by atoms with van der Waals surface area (Å²) >= 11 is 0. The molecule has 2 aliphatic carbocycles. The van der Waals surface area contributed by atoms with Gasteiger partial charge in [-0.2, -0.15) is 0 Å². The maximum atomic E-state index is 1.56. The highest BCUT2D eigenvalue weighted by Crippen LogP contribution is 2.57. The van der Waals surface area contributed by atoms with Gasteiger partial charge in [0.25, 0.3) is 0 Å². The molecule has 40 valence electrons. The summed E-state index contributed by atoms with van der Waals surface area (Å²) < 4.78 is 0. The molecule has 0 heterocycles. The van der Waals surface area contributed by atoms with Gasteiger partial charge in [0.1, 0.15) is 0 Å². The summed E-state index contributed by atoms with van der Waals surface area (Å²) in [6, 6.07) is 0. The normalized spacial score (nSPS) is 34.3. The Morgan fingerprint density at radius 2 is 1.29 bits per heavy atom. The van der Waals surface area contributed by atoms with Crippen molar-refractivity contribution in [1.29, 1.82) is 0 Å². The second-order valence-electron chi connectivity index (χ2n) is 3.21. The highest BCUT2D eigenvalue weighted by molar-refractivity contribution is 4.95. The first-order chi connectivity index (χ1) is 3.41. The minimum Gasteiger partial charge on any atom is -0.0528 e. The Hall–Kier alpha value is 0. The van der Waals surface area contributed by atoms with Crippen LogP contribution >= 0.6 is 0 Å². The van der Waals surface area contributed by atoms with Crippen molar-refractivity contribution in [2.24, 2.45) is 5.41 Å². The topological polar surface area (TPSA) is 0 Å². The van der Waals surface area contributed by atoms with Gasteiger partial charge in [-0.25, -0.2) is 0 Å². The molecule has 0 amide bonds. The van der Waals surface area contributed by atoms with E-state index in [4.69, 9.17) is 0 Å². The Balaban J connectivity index is 2.07. The van der Waals surface area contributed by atoms with E-state index in [1.807, 2.05) is 0 Å². The smallest absolute Gasteiger partial charge is 0.0297 e. The third-order valence-corrected chi connectivity index (χ3v) is 2.62. The summed E-state index contributed by atoms with van der Waals surface area (Å²) in [5, 5.41) is 0. The summed E-state index contributed by atoms with van der Waals surface area (Å²) in [5.74, 6) is 0. The van der Waals surface area contributed by atoms with Crippen molar-refractivity contribution < 1.29 is 0 Å². The average Bonchev–Trinajstić information content (AvgIpc) is 2.15. The summed E-state index contributed by atoms with van der Waals surface area (Å²) in [6.07, 6.45) is 9.31. The first-order valence-electron chi connectivity index (χ1n) is 3.41. The molecule has 2 aliphatic rings. The molecular weight excluding hydrogens is 84.1 g/mol. The molecule has 0 saturated heterocycles. The third-order valence-electron chi connectivity index (χ3n) is 2.62. The van der Waals surface area contributed by atoms with Gasteiger partial charge in [0.05, 0.1) is 0 Å². The lowest BCUT2D eigenvalue weighted by molar-refractivity contribution is 0.535. The van der Waals surface area contributed by atoms with Crippen LogP contribution in [-0.2, 0) is 0 Å². The standard InChI is InChI=1S/C7H12/c1-2-4-7(3-1)5-6-7/h1-6H2. The van der Waals surface area contributed by atoms with Crippen LogP contribution in [0.5, 0.6) is 0 Å². The summed E-state index contributed by atoms with van der Waals surface area (Å²) in [5.41, 5.74) is 0.944. The van der Waals surface area contributed by atoms with E-state index in [-0.39, 0.29) is 0 Å². The molecular formula is C7H12. The van der Waals surface area contributed by atoms with Crippen LogP contribution in [0.25, 0.3) is 0 Å². The van der Waals surface area contributed by atoms with Crippen molar-refractivity contribution >= 4 is 0 Å². The highest BCUT2D eigenvalue weighted by Gasteiger charge is 2.43. The van der Waals surface area contributed by atoms with E-state index in [1.54, 1.807) is 25.7 Å². The van der Waals surface area contributed by atoms with E-state index in [0.717, 1.165) is 5.41 Å². The fraction of sp³-hybridized carbons (Fsp3) is 1.00. The lowest BCUT2D eigenvalue weighted by atomic mass is 10.1. The van der Waals surface area contributed by atoms with Crippen molar-refractivity contribution in [2.45, 2.75) is 38.5 Å². The van der Waals surface area contributed by atoms with Gasteiger partial charge in [-0.1, -0.05) is 12.8 Å². The minimum atomic E-state index is 0.944. The average molecular weight is 96.2 g/mol. The summed E-state index contributed by atoms with van der Waals surface area (Å²) in [6.45, 7) is 0. The van der Waals surface area contributed by atoms with Gasteiger partial charge >= 0.3 is 0 Å². The van der Waals surface area contributed by atoms with Gasteiger partial charge in [-0.15, -0.1) is 0 Å². The van der Waals surface area contributed by atoms with Crippen molar-refractivity contribution in [1.82, 2.24) is 0 Å². The quantitative estimate of drug-likeness (QED) is 0.434. The summed E-state index contributed by atoms with van der Waals surface area (Å²) in [4.78, 5) is 0. The van der Waals surface area contributed by atoms with E-state index in [0.29, 0.717) is 0 Å². The molecule has 0 nitrogen and oxygen atoms in total. The second kappa shape index (κ2) is 1.04.